The lowest BCUT2D eigenvalue weighted by atomic mass is 10.1. The van der Waals surface area contributed by atoms with Crippen molar-refractivity contribution in [1.29, 1.82) is 0 Å². The monoisotopic (exact) mass is 351 g/mol. The van der Waals surface area contributed by atoms with Gasteiger partial charge in [-0.15, -0.1) is 0 Å². The quantitative estimate of drug-likeness (QED) is 0.617. The van der Waals surface area contributed by atoms with E-state index in [2.05, 4.69) is 39.9 Å². The van der Waals surface area contributed by atoms with Gasteiger partial charge in [-0.2, -0.15) is 0 Å². The molecule has 5 heteroatoms. The second-order valence-corrected chi connectivity index (χ2v) is 7.09. The summed E-state index contributed by atoms with van der Waals surface area (Å²) in [5, 5.41) is 1.03. The van der Waals surface area contributed by atoms with Crippen LogP contribution in [0.2, 0.25) is 0 Å². The van der Waals surface area contributed by atoms with Gasteiger partial charge >= 0.3 is 0 Å². The molecule has 4 rings (SSSR count). The Hall–Kier alpha value is -2.11. The van der Waals surface area contributed by atoms with Crippen molar-refractivity contribution < 1.29 is 4.74 Å². The van der Waals surface area contributed by atoms with E-state index < -0.39 is 0 Å². The molecule has 128 valence electrons. The second-order valence-electron chi connectivity index (χ2n) is 6.15. The van der Waals surface area contributed by atoms with Crippen LogP contribution in [0.3, 0.4) is 0 Å². The van der Waals surface area contributed by atoms with Gasteiger partial charge in [-0.05, 0) is 30.5 Å². The molecule has 3 heterocycles. The van der Waals surface area contributed by atoms with E-state index in [9.17, 15) is 0 Å². The van der Waals surface area contributed by atoms with E-state index >= 15 is 0 Å². The lowest BCUT2D eigenvalue weighted by Crippen LogP contribution is -2.16. The number of thioether (sulfide) groups is 1. The predicted molar refractivity (Wildman–Crippen MR) is 100 cm³/mol. The van der Waals surface area contributed by atoms with E-state index in [0.29, 0.717) is 0 Å². The van der Waals surface area contributed by atoms with Crippen LogP contribution in [0.25, 0.3) is 11.3 Å². The molecule has 1 atom stereocenters. The maximum Gasteiger partial charge on any atom is 0.168 e. The molecule has 1 saturated heterocycles. The first-order valence-electron chi connectivity index (χ1n) is 8.65. The van der Waals surface area contributed by atoms with Crippen LogP contribution in [0.4, 0.5) is 0 Å². The number of benzene rings is 1. The number of aromatic nitrogens is 3. The summed E-state index contributed by atoms with van der Waals surface area (Å²) >= 11 is 1.73. The highest BCUT2D eigenvalue weighted by Gasteiger charge is 2.20. The molecule has 0 bridgehead atoms. The highest BCUT2D eigenvalue weighted by molar-refractivity contribution is 7.98. The molecule has 25 heavy (non-hydrogen) atoms. The smallest absolute Gasteiger partial charge is 0.168 e. The summed E-state index contributed by atoms with van der Waals surface area (Å²) in [5.74, 6) is 0.817. The molecule has 0 amide bonds. The van der Waals surface area contributed by atoms with Gasteiger partial charge in [0.05, 0.1) is 30.2 Å². The molecule has 0 saturated carbocycles. The molecule has 1 aliphatic rings. The summed E-state index contributed by atoms with van der Waals surface area (Å²) in [4.78, 5) is 9.10. The fourth-order valence-electron chi connectivity index (χ4n) is 3.10. The molecule has 1 aliphatic heterocycles. The van der Waals surface area contributed by atoms with Gasteiger partial charge in [-0.3, -0.25) is 4.98 Å². The second kappa shape index (κ2) is 7.85. The number of pyridine rings is 1. The van der Waals surface area contributed by atoms with Gasteiger partial charge in [0.1, 0.15) is 0 Å². The van der Waals surface area contributed by atoms with Crippen molar-refractivity contribution in [2.75, 3.05) is 6.61 Å². The molecular weight excluding hydrogens is 330 g/mol. The van der Waals surface area contributed by atoms with Crippen molar-refractivity contribution >= 4 is 11.8 Å². The first-order chi connectivity index (χ1) is 12.4. The summed E-state index contributed by atoms with van der Waals surface area (Å²) in [6, 6.07) is 16.5. The third kappa shape index (κ3) is 3.94. The lowest BCUT2D eigenvalue weighted by molar-refractivity contribution is 0.0954. The van der Waals surface area contributed by atoms with Crippen molar-refractivity contribution in [2.24, 2.45) is 0 Å². The average Bonchev–Trinajstić information content (AvgIpc) is 3.32. The Labute approximate surface area is 152 Å². The topological polar surface area (TPSA) is 39.9 Å². The molecule has 0 spiro atoms. The standard InChI is InChI=1S/C20H21N3OS/c1-2-7-16(8-3-1)19-13-22-20(23(19)14-18-10-6-12-24-18)25-15-17-9-4-5-11-21-17/h1-5,7-9,11,13,18H,6,10,12,14-15H2/t18-/m1/s1. The minimum atomic E-state index is 0.283. The lowest BCUT2D eigenvalue weighted by Gasteiger charge is -2.16. The number of hydrogen-bond donors (Lipinski definition) is 0. The third-order valence-corrected chi connectivity index (χ3v) is 5.40. The number of hydrogen-bond acceptors (Lipinski definition) is 4. The zero-order chi connectivity index (χ0) is 16.9. The molecule has 2 aromatic heterocycles. The maximum absolute atomic E-state index is 5.86. The Morgan fingerprint density at radius 1 is 1.08 bits per heavy atom. The van der Waals surface area contributed by atoms with Gasteiger partial charge in [0.25, 0.3) is 0 Å². The largest absolute Gasteiger partial charge is 0.376 e. The van der Waals surface area contributed by atoms with Crippen LogP contribution >= 0.6 is 11.8 Å². The highest BCUT2D eigenvalue weighted by Crippen LogP contribution is 2.29. The normalized spacial score (nSPS) is 17.0. The van der Waals surface area contributed by atoms with Gasteiger partial charge in [0.2, 0.25) is 0 Å². The number of rotatable bonds is 6. The molecule has 0 radical (unpaired) electrons. The molecule has 0 aliphatic carbocycles. The minimum Gasteiger partial charge on any atom is -0.376 e. The molecule has 0 unspecified atom stereocenters. The van der Waals surface area contributed by atoms with E-state index in [1.807, 2.05) is 30.6 Å². The fraction of sp³-hybridized carbons (Fsp3) is 0.300. The van der Waals surface area contributed by atoms with Crippen LogP contribution in [0.5, 0.6) is 0 Å². The van der Waals surface area contributed by atoms with E-state index in [-0.39, 0.29) is 6.10 Å². The van der Waals surface area contributed by atoms with Gasteiger partial charge in [-0.1, -0.05) is 48.2 Å². The number of nitrogens with zero attached hydrogens (tertiary/aromatic N) is 3. The van der Waals surface area contributed by atoms with Crippen molar-refractivity contribution in [3.05, 3.63) is 66.6 Å². The zero-order valence-electron chi connectivity index (χ0n) is 14.0. The molecule has 4 nitrogen and oxygen atoms in total. The van der Waals surface area contributed by atoms with Crippen LogP contribution in [-0.2, 0) is 17.0 Å². The third-order valence-electron chi connectivity index (χ3n) is 4.37. The Balaban J connectivity index is 1.60. The van der Waals surface area contributed by atoms with Gasteiger partial charge in [-0.25, -0.2) is 4.98 Å². The molecule has 3 aromatic rings. The summed E-state index contributed by atoms with van der Waals surface area (Å²) in [6.07, 6.45) is 6.37. The van der Waals surface area contributed by atoms with E-state index in [1.54, 1.807) is 11.8 Å². The van der Waals surface area contributed by atoms with Crippen LogP contribution in [0.1, 0.15) is 18.5 Å². The van der Waals surface area contributed by atoms with Gasteiger partial charge in [0, 0.05) is 18.6 Å². The van der Waals surface area contributed by atoms with Crippen LogP contribution in [-0.4, -0.2) is 27.2 Å². The van der Waals surface area contributed by atoms with Crippen LogP contribution in [0.15, 0.2) is 66.1 Å². The summed E-state index contributed by atoms with van der Waals surface area (Å²) < 4.78 is 8.17. The highest BCUT2D eigenvalue weighted by atomic mass is 32.2. The molecule has 1 fully saturated rings. The number of ether oxygens (including phenoxy) is 1. The SMILES string of the molecule is c1ccc(-c2cnc(SCc3ccccn3)n2C[C@H]2CCCO2)cc1. The van der Waals surface area contributed by atoms with E-state index in [0.717, 1.165) is 48.3 Å². The van der Waals surface area contributed by atoms with E-state index in [4.69, 9.17) is 9.72 Å². The molecule has 1 aromatic carbocycles. The summed E-state index contributed by atoms with van der Waals surface area (Å²) in [5.41, 5.74) is 3.41. The summed E-state index contributed by atoms with van der Waals surface area (Å²) in [6.45, 7) is 1.73. The van der Waals surface area contributed by atoms with Crippen LogP contribution < -0.4 is 0 Å². The number of imidazole rings is 1. The fourth-order valence-corrected chi connectivity index (χ4v) is 4.01. The van der Waals surface area contributed by atoms with Crippen LogP contribution in [0, 0.1) is 0 Å². The Bertz CT molecular complexity index is 798. The van der Waals surface area contributed by atoms with Crippen molar-refractivity contribution in [3.63, 3.8) is 0 Å². The average molecular weight is 351 g/mol. The van der Waals surface area contributed by atoms with E-state index in [1.165, 1.54) is 5.56 Å². The zero-order valence-corrected chi connectivity index (χ0v) is 14.9. The van der Waals surface area contributed by atoms with Gasteiger partial charge < -0.3 is 9.30 Å². The first kappa shape index (κ1) is 16.4. The molecular formula is C20H21N3OS. The minimum absolute atomic E-state index is 0.283. The Morgan fingerprint density at radius 2 is 1.96 bits per heavy atom. The summed E-state index contributed by atoms with van der Waals surface area (Å²) in [7, 11) is 0. The van der Waals surface area contributed by atoms with Crippen molar-refractivity contribution in [2.45, 2.75) is 36.4 Å². The maximum atomic E-state index is 5.86. The van der Waals surface area contributed by atoms with Gasteiger partial charge in [0.15, 0.2) is 5.16 Å². The Morgan fingerprint density at radius 3 is 2.72 bits per heavy atom. The van der Waals surface area contributed by atoms with Crippen molar-refractivity contribution in [1.82, 2.24) is 14.5 Å². The Kier molecular flexibility index (Phi) is 5.14. The van der Waals surface area contributed by atoms with Crippen molar-refractivity contribution in [3.8, 4) is 11.3 Å². The predicted octanol–water partition coefficient (Wildman–Crippen LogP) is 4.42. The molecule has 0 N–H and O–H groups in total. The first-order valence-corrected chi connectivity index (χ1v) is 9.64.